The van der Waals surface area contributed by atoms with Gasteiger partial charge in [-0.15, -0.1) is 0 Å². The quantitative estimate of drug-likeness (QED) is 0.800. The van der Waals surface area contributed by atoms with Crippen LogP contribution in [0.15, 0.2) is 0 Å². The maximum Gasteiger partial charge on any atom is 0.408 e. The maximum atomic E-state index is 13.0. The monoisotopic (exact) mass is 338 g/mol. The first-order valence-corrected chi connectivity index (χ1v) is 8.70. The largest absolute Gasteiger partial charge is 0.480 e. The molecular formula is C17H26N2O5. The zero-order valence-corrected chi connectivity index (χ0v) is 14.4. The Labute approximate surface area is 141 Å². The number of hydrogen-bond donors (Lipinski definition) is 2. The Morgan fingerprint density at radius 1 is 1.17 bits per heavy atom. The Morgan fingerprint density at radius 2 is 1.83 bits per heavy atom. The average Bonchev–Trinajstić information content (AvgIpc) is 2.99. The summed E-state index contributed by atoms with van der Waals surface area (Å²) in [5.41, 5.74) is -0.642. The van der Waals surface area contributed by atoms with Crippen LogP contribution in [-0.2, 0) is 14.3 Å². The number of carboxylic acids is 1. The van der Waals surface area contributed by atoms with E-state index < -0.39 is 29.7 Å². The van der Waals surface area contributed by atoms with E-state index in [9.17, 15) is 19.5 Å². The van der Waals surface area contributed by atoms with Crippen LogP contribution in [-0.4, -0.2) is 51.7 Å². The zero-order valence-electron chi connectivity index (χ0n) is 14.4. The normalized spacial score (nSPS) is 35.4. The summed E-state index contributed by atoms with van der Waals surface area (Å²) in [5, 5.41) is 12.1. The maximum absolute atomic E-state index is 13.0. The molecule has 3 rings (SSSR count). The van der Waals surface area contributed by atoms with Crippen LogP contribution in [0.3, 0.4) is 0 Å². The third kappa shape index (κ3) is 3.49. The van der Waals surface area contributed by atoms with Gasteiger partial charge in [0.1, 0.15) is 17.7 Å². The van der Waals surface area contributed by atoms with Crippen molar-refractivity contribution in [2.24, 2.45) is 11.8 Å². The first-order valence-electron chi connectivity index (χ1n) is 8.70. The highest BCUT2D eigenvalue weighted by Gasteiger charge is 2.51. The fourth-order valence-electron chi connectivity index (χ4n) is 4.08. The highest BCUT2D eigenvalue weighted by Crippen LogP contribution is 2.49. The predicted molar refractivity (Wildman–Crippen MR) is 85.3 cm³/mol. The molecule has 7 heteroatoms. The van der Waals surface area contributed by atoms with Gasteiger partial charge in [0, 0.05) is 6.04 Å². The summed E-state index contributed by atoms with van der Waals surface area (Å²) in [5.74, 6) is -0.253. The Kier molecular flexibility index (Phi) is 4.21. The lowest BCUT2D eigenvalue weighted by atomic mass is 9.99. The smallest absolute Gasteiger partial charge is 0.408 e. The SMILES string of the molecule is CC(C)(C)OC(=O)N[C@H]1C[C@H]2C[C@H]2C[C@H]2CC[C@@H](C(=O)O)N2C1=O. The lowest BCUT2D eigenvalue weighted by Crippen LogP contribution is -2.55. The number of carbonyl (C=O) groups is 3. The Bertz CT molecular complexity index is 556. The summed E-state index contributed by atoms with van der Waals surface area (Å²) >= 11 is 0. The van der Waals surface area contributed by atoms with Crippen LogP contribution < -0.4 is 5.32 Å². The zero-order chi connectivity index (χ0) is 17.6. The Hall–Kier alpha value is -1.79. The minimum atomic E-state index is -0.963. The molecule has 134 valence electrons. The molecule has 2 N–H and O–H groups in total. The third-order valence-electron chi connectivity index (χ3n) is 5.21. The van der Waals surface area contributed by atoms with Gasteiger partial charge in [-0.1, -0.05) is 0 Å². The van der Waals surface area contributed by atoms with Crippen LogP contribution >= 0.6 is 0 Å². The lowest BCUT2D eigenvalue weighted by molar-refractivity contribution is -0.151. The van der Waals surface area contributed by atoms with Crippen molar-refractivity contribution < 1.29 is 24.2 Å². The van der Waals surface area contributed by atoms with Crippen molar-refractivity contribution in [2.45, 2.75) is 76.6 Å². The number of amides is 2. The minimum absolute atomic E-state index is 0.0168. The van der Waals surface area contributed by atoms with Gasteiger partial charge in [-0.05, 0) is 64.7 Å². The third-order valence-corrected chi connectivity index (χ3v) is 5.21. The number of nitrogens with zero attached hydrogens (tertiary/aromatic N) is 1. The summed E-state index contributed by atoms with van der Waals surface area (Å²) in [6.45, 7) is 5.29. The molecule has 2 aliphatic heterocycles. The second-order valence-electron chi connectivity index (χ2n) is 8.26. The summed E-state index contributed by atoms with van der Waals surface area (Å²) in [6, 6.07) is -1.49. The van der Waals surface area contributed by atoms with Crippen molar-refractivity contribution in [1.82, 2.24) is 10.2 Å². The van der Waals surface area contributed by atoms with E-state index in [4.69, 9.17) is 4.74 Å². The highest BCUT2D eigenvalue weighted by molar-refractivity contribution is 5.90. The van der Waals surface area contributed by atoms with Gasteiger partial charge < -0.3 is 20.1 Å². The molecule has 2 saturated heterocycles. The van der Waals surface area contributed by atoms with E-state index in [1.165, 1.54) is 4.90 Å². The van der Waals surface area contributed by atoms with Crippen molar-refractivity contribution in [3.05, 3.63) is 0 Å². The molecule has 3 aliphatic rings. The molecule has 0 spiro atoms. The van der Waals surface area contributed by atoms with Gasteiger partial charge in [-0.3, -0.25) is 4.79 Å². The molecule has 0 bridgehead atoms. The summed E-state index contributed by atoms with van der Waals surface area (Å²) in [6.07, 6.45) is 3.11. The van der Waals surface area contributed by atoms with Crippen molar-refractivity contribution in [3.63, 3.8) is 0 Å². The molecule has 0 unspecified atom stereocenters. The van der Waals surface area contributed by atoms with Crippen LogP contribution in [0, 0.1) is 11.8 Å². The average molecular weight is 338 g/mol. The standard InChI is InChI=1S/C17H26N2O5/c1-17(2,3)24-16(23)18-12-8-10-6-9(10)7-11-4-5-13(15(21)22)19(11)14(12)20/h9-13H,4-8H2,1-3H3,(H,18,23)(H,21,22)/t9-,10+,11+,12-,13-/m0/s1. The molecule has 1 aliphatic carbocycles. The summed E-state index contributed by atoms with van der Waals surface area (Å²) in [4.78, 5) is 38.0. The Morgan fingerprint density at radius 3 is 2.46 bits per heavy atom. The van der Waals surface area contributed by atoms with Crippen molar-refractivity contribution >= 4 is 18.0 Å². The van der Waals surface area contributed by atoms with Crippen LogP contribution in [0.4, 0.5) is 4.79 Å². The minimum Gasteiger partial charge on any atom is -0.480 e. The van der Waals surface area contributed by atoms with E-state index in [1.54, 1.807) is 20.8 Å². The van der Waals surface area contributed by atoms with Crippen molar-refractivity contribution in [3.8, 4) is 0 Å². The van der Waals surface area contributed by atoms with Crippen molar-refractivity contribution in [1.29, 1.82) is 0 Å². The second kappa shape index (κ2) is 5.93. The van der Waals surface area contributed by atoms with Gasteiger partial charge in [0.05, 0.1) is 0 Å². The first-order chi connectivity index (χ1) is 11.2. The molecule has 7 nitrogen and oxygen atoms in total. The number of carbonyl (C=O) groups excluding carboxylic acids is 2. The number of rotatable bonds is 2. The van der Waals surface area contributed by atoms with Crippen molar-refractivity contribution in [2.75, 3.05) is 0 Å². The number of fused-ring (bicyclic) bond motifs is 2. The molecule has 0 aromatic carbocycles. The topological polar surface area (TPSA) is 95.9 Å². The number of alkyl carbamates (subject to hydrolysis) is 1. The fourth-order valence-corrected chi connectivity index (χ4v) is 4.08. The van der Waals surface area contributed by atoms with Crippen LogP contribution in [0.2, 0.25) is 0 Å². The van der Waals surface area contributed by atoms with Gasteiger partial charge in [0.25, 0.3) is 0 Å². The van der Waals surface area contributed by atoms with E-state index in [1.807, 2.05) is 0 Å². The van der Waals surface area contributed by atoms with Gasteiger partial charge in [0.2, 0.25) is 5.91 Å². The summed E-state index contributed by atoms with van der Waals surface area (Å²) < 4.78 is 5.26. The van der Waals surface area contributed by atoms with E-state index in [0.29, 0.717) is 24.7 Å². The van der Waals surface area contributed by atoms with E-state index >= 15 is 0 Å². The number of ether oxygens (including phenoxy) is 1. The number of nitrogens with one attached hydrogen (secondary N) is 1. The number of carboxylic acid groups (broad SMARTS) is 1. The van der Waals surface area contributed by atoms with Crippen LogP contribution in [0.5, 0.6) is 0 Å². The number of aliphatic carboxylic acids is 1. The van der Waals surface area contributed by atoms with Crippen LogP contribution in [0.25, 0.3) is 0 Å². The highest BCUT2D eigenvalue weighted by atomic mass is 16.6. The van der Waals surface area contributed by atoms with E-state index in [-0.39, 0.29) is 11.9 Å². The van der Waals surface area contributed by atoms with E-state index in [0.717, 1.165) is 19.3 Å². The molecule has 3 fully saturated rings. The van der Waals surface area contributed by atoms with Gasteiger partial charge in [-0.25, -0.2) is 9.59 Å². The molecular weight excluding hydrogens is 312 g/mol. The van der Waals surface area contributed by atoms with Gasteiger partial charge in [-0.2, -0.15) is 0 Å². The molecule has 2 amide bonds. The van der Waals surface area contributed by atoms with Gasteiger partial charge >= 0.3 is 12.1 Å². The molecule has 5 atom stereocenters. The van der Waals surface area contributed by atoms with Crippen LogP contribution in [0.1, 0.15) is 52.9 Å². The van der Waals surface area contributed by atoms with E-state index in [2.05, 4.69) is 5.32 Å². The first kappa shape index (κ1) is 17.0. The molecule has 2 heterocycles. The second-order valence-corrected chi connectivity index (χ2v) is 8.26. The predicted octanol–water partition coefficient (Wildman–Crippen LogP) is 1.75. The molecule has 0 radical (unpaired) electrons. The molecule has 1 saturated carbocycles. The molecule has 0 aromatic rings. The molecule has 0 aromatic heterocycles. The number of hydrogen-bond acceptors (Lipinski definition) is 4. The lowest BCUT2D eigenvalue weighted by Gasteiger charge is -2.34. The molecule has 24 heavy (non-hydrogen) atoms. The van der Waals surface area contributed by atoms with Gasteiger partial charge in [0.15, 0.2) is 0 Å². The Balaban J connectivity index is 1.76. The summed E-state index contributed by atoms with van der Waals surface area (Å²) in [7, 11) is 0. The fraction of sp³-hybridized carbons (Fsp3) is 0.824.